The fourth-order valence-corrected chi connectivity index (χ4v) is 3.78. The molecule has 33 heavy (non-hydrogen) atoms. The monoisotopic (exact) mass is 458 g/mol. The minimum atomic E-state index is -0.156. The standard InChI is InChI=1S/C31H54O2/c1-8-9-10-11-12-13-14-15-22-31(32)33-30(25-29(7)21-17-19-27(4)5)24-23-28(6)20-16-18-26(2)3/h18-19,23,25,30H,8-17,20-22,24H2,1-7H3. The minimum Gasteiger partial charge on any atom is -0.458 e. The van der Waals surface area contributed by atoms with Crippen LogP contribution in [0, 0.1) is 0 Å². The van der Waals surface area contributed by atoms with E-state index in [4.69, 9.17) is 4.74 Å². The van der Waals surface area contributed by atoms with Crippen molar-refractivity contribution in [3.8, 4) is 0 Å². The molecule has 0 aliphatic carbocycles. The topological polar surface area (TPSA) is 26.3 Å². The maximum absolute atomic E-state index is 12.5. The van der Waals surface area contributed by atoms with E-state index in [-0.39, 0.29) is 12.1 Å². The maximum atomic E-state index is 12.5. The molecule has 0 saturated heterocycles. The minimum absolute atomic E-state index is 0.0464. The Bertz CT molecular complexity index is 625. The summed E-state index contributed by atoms with van der Waals surface area (Å²) in [6.45, 7) is 15.1. The van der Waals surface area contributed by atoms with E-state index < -0.39 is 0 Å². The van der Waals surface area contributed by atoms with Gasteiger partial charge in [-0.2, -0.15) is 0 Å². The van der Waals surface area contributed by atoms with Gasteiger partial charge in [-0.1, -0.05) is 92.4 Å². The van der Waals surface area contributed by atoms with Crippen molar-refractivity contribution in [2.24, 2.45) is 0 Å². The molecule has 1 unspecified atom stereocenters. The van der Waals surface area contributed by atoms with Gasteiger partial charge in [0.05, 0.1) is 0 Å². The van der Waals surface area contributed by atoms with Gasteiger partial charge in [-0.05, 0) is 79.7 Å². The molecule has 0 saturated carbocycles. The zero-order valence-corrected chi connectivity index (χ0v) is 23.1. The molecular formula is C31H54O2. The first-order valence-electron chi connectivity index (χ1n) is 13.5. The highest BCUT2D eigenvalue weighted by Crippen LogP contribution is 2.16. The third kappa shape index (κ3) is 22.0. The van der Waals surface area contributed by atoms with Crippen LogP contribution in [0.3, 0.4) is 0 Å². The molecule has 0 fully saturated rings. The molecular weight excluding hydrogens is 404 g/mol. The Morgan fingerprint density at radius 2 is 1.18 bits per heavy atom. The van der Waals surface area contributed by atoms with Crippen LogP contribution in [0.25, 0.3) is 0 Å². The first-order valence-corrected chi connectivity index (χ1v) is 13.5. The first-order chi connectivity index (χ1) is 15.7. The van der Waals surface area contributed by atoms with Crippen LogP contribution in [0.15, 0.2) is 46.6 Å². The molecule has 0 bridgehead atoms. The number of hydrogen-bond acceptors (Lipinski definition) is 2. The second-order valence-electron chi connectivity index (χ2n) is 10.2. The van der Waals surface area contributed by atoms with Crippen LogP contribution in [0.4, 0.5) is 0 Å². The quantitative estimate of drug-likeness (QED) is 0.109. The van der Waals surface area contributed by atoms with Crippen LogP contribution in [0.5, 0.6) is 0 Å². The summed E-state index contributed by atoms with van der Waals surface area (Å²) in [5, 5.41) is 0. The van der Waals surface area contributed by atoms with Crippen molar-refractivity contribution < 1.29 is 9.53 Å². The van der Waals surface area contributed by atoms with Crippen molar-refractivity contribution in [2.45, 2.75) is 144 Å². The van der Waals surface area contributed by atoms with Gasteiger partial charge in [-0.15, -0.1) is 0 Å². The maximum Gasteiger partial charge on any atom is 0.306 e. The van der Waals surface area contributed by atoms with Crippen LogP contribution in [0.1, 0.15) is 138 Å². The van der Waals surface area contributed by atoms with Gasteiger partial charge in [-0.25, -0.2) is 0 Å². The van der Waals surface area contributed by atoms with E-state index in [0.717, 1.165) is 44.9 Å². The van der Waals surface area contributed by atoms with Crippen LogP contribution in [-0.2, 0) is 9.53 Å². The first kappa shape index (κ1) is 31.4. The Balaban J connectivity index is 4.69. The molecule has 0 aliphatic rings. The highest BCUT2D eigenvalue weighted by molar-refractivity contribution is 5.69. The van der Waals surface area contributed by atoms with Gasteiger partial charge in [0, 0.05) is 12.8 Å². The second-order valence-corrected chi connectivity index (χ2v) is 10.2. The average Bonchev–Trinajstić information content (AvgIpc) is 2.73. The van der Waals surface area contributed by atoms with E-state index in [9.17, 15) is 4.79 Å². The van der Waals surface area contributed by atoms with Crippen LogP contribution in [0.2, 0.25) is 0 Å². The van der Waals surface area contributed by atoms with Crippen LogP contribution < -0.4 is 0 Å². The van der Waals surface area contributed by atoms with Crippen molar-refractivity contribution in [1.82, 2.24) is 0 Å². The van der Waals surface area contributed by atoms with E-state index >= 15 is 0 Å². The van der Waals surface area contributed by atoms with Crippen LogP contribution >= 0.6 is 0 Å². The van der Waals surface area contributed by atoms with Crippen molar-refractivity contribution in [3.05, 3.63) is 46.6 Å². The average molecular weight is 459 g/mol. The molecule has 1 atom stereocenters. The molecule has 2 nitrogen and oxygen atoms in total. The van der Waals surface area contributed by atoms with E-state index in [1.165, 1.54) is 60.8 Å². The molecule has 0 heterocycles. The summed E-state index contributed by atoms with van der Waals surface area (Å²) in [6, 6.07) is 0. The van der Waals surface area contributed by atoms with E-state index in [2.05, 4.69) is 72.8 Å². The lowest BCUT2D eigenvalue weighted by Gasteiger charge is -2.15. The molecule has 0 amide bonds. The summed E-state index contributed by atoms with van der Waals surface area (Å²) < 4.78 is 5.91. The lowest BCUT2D eigenvalue weighted by molar-refractivity contribution is -0.146. The summed E-state index contributed by atoms with van der Waals surface area (Å²) in [5.41, 5.74) is 5.39. The zero-order valence-electron chi connectivity index (χ0n) is 23.1. The number of ether oxygens (including phenoxy) is 1. The van der Waals surface area contributed by atoms with Gasteiger partial charge in [0.1, 0.15) is 6.10 Å². The normalized spacial score (nSPS) is 12.9. The smallest absolute Gasteiger partial charge is 0.306 e. The van der Waals surface area contributed by atoms with Crippen molar-refractivity contribution in [2.75, 3.05) is 0 Å². The molecule has 190 valence electrons. The molecule has 2 heteroatoms. The van der Waals surface area contributed by atoms with Gasteiger partial charge in [0.2, 0.25) is 0 Å². The summed E-state index contributed by atoms with van der Waals surface area (Å²) in [6.07, 6.45) is 24.2. The van der Waals surface area contributed by atoms with E-state index in [1.807, 2.05) is 0 Å². The number of unbranched alkanes of at least 4 members (excludes halogenated alkanes) is 7. The molecule has 0 radical (unpaired) electrons. The molecule has 0 aromatic rings. The van der Waals surface area contributed by atoms with Gasteiger partial charge in [0.15, 0.2) is 0 Å². The highest BCUT2D eigenvalue weighted by atomic mass is 16.5. The lowest BCUT2D eigenvalue weighted by atomic mass is 10.0. The Hall–Kier alpha value is -1.57. The van der Waals surface area contributed by atoms with E-state index in [1.54, 1.807) is 0 Å². The summed E-state index contributed by atoms with van der Waals surface area (Å²) >= 11 is 0. The molecule has 0 aromatic carbocycles. The number of allylic oxidation sites excluding steroid dienone is 6. The summed E-state index contributed by atoms with van der Waals surface area (Å²) in [4.78, 5) is 12.5. The second kappa shape index (κ2) is 21.0. The summed E-state index contributed by atoms with van der Waals surface area (Å²) in [7, 11) is 0. The Morgan fingerprint density at radius 3 is 1.73 bits per heavy atom. The predicted molar refractivity (Wildman–Crippen MR) is 147 cm³/mol. The van der Waals surface area contributed by atoms with Crippen molar-refractivity contribution in [3.63, 3.8) is 0 Å². The van der Waals surface area contributed by atoms with Gasteiger partial charge < -0.3 is 4.74 Å². The Kier molecular flexibility index (Phi) is 20.0. The van der Waals surface area contributed by atoms with Crippen molar-refractivity contribution in [1.29, 1.82) is 0 Å². The SMILES string of the molecule is CCCCCCCCCCC(=O)OC(C=C(C)CCC=C(C)C)CC=C(C)CCC=C(C)C. The number of hydrogen-bond donors (Lipinski definition) is 0. The fraction of sp³-hybridized carbons (Fsp3) is 0.710. The lowest BCUT2D eigenvalue weighted by Crippen LogP contribution is -2.16. The molecule has 0 aromatic heterocycles. The number of rotatable bonds is 19. The molecule has 0 aliphatic heterocycles. The Morgan fingerprint density at radius 1 is 0.667 bits per heavy atom. The van der Waals surface area contributed by atoms with Gasteiger partial charge in [-0.3, -0.25) is 4.79 Å². The number of carbonyl (C=O) groups is 1. The fourth-order valence-electron chi connectivity index (χ4n) is 3.78. The largest absolute Gasteiger partial charge is 0.458 e. The molecule has 0 spiro atoms. The highest BCUT2D eigenvalue weighted by Gasteiger charge is 2.12. The zero-order chi connectivity index (χ0) is 24.9. The predicted octanol–water partition coefficient (Wildman–Crippen LogP) is 10.2. The number of carbonyl (C=O) groups excluding carboxylic acids is 1. The molecule has 0 N–H and O–H groups in total. The third-order valence-corrected chi connectivity index (χ3v) is 5.87. The van der Waals surface area contributed by atoms with Crippen LogP contribution in [-0.4, -0.2) is 12.1 Å². The van der Waals surface area contributed by atoms with E-state index in [0.29, 0.717) is 6.42 Å². The summed E-state index contributed by atoms with van der Waals surface area (Å²) in [5.74, 6) is -0.0464. The third-order valence-electron chi connectivity index (χ3n) is 5.87. The van der Waals surface area contributed by atoms with Gasteiger partial charge >= 0.3 is 5.97 Å². The number of esters is 1. The Labute approximate surface area is 206 Å². The van der Waals surface area contributed by atoms with Gasteiger partial charge in [0.25, 0.3) is 0 Å². The molecule has 0 rings (SSSR count). The van der Waals surface area contributed by atoms with Crippen molar-refractivity contribution >= 4 is 5.97 Å².